The van der Waals surface area contributed by atoms with Gasteiger partial charge in [-0.1, -0.05) is 34.1 Å². The number of nitrogens with zero attached hydrogens (tertiary/aromatic N) is 5. The Morgan fingerprint density at radius 1 is 1.04 bits per heavy atom. The number of benzene rings is 2. The van der Waals surface area contributed by atoms with Gasteiger partial charge in [0.05, 0.1) is 30.6 Å². The minimum atomic E-state index is 0.263. The smallest absolute Gasteiger partial charge is 0.280 e. The zero-order valence-electron chi connectivity index (χ0n) is 15.4. The molecular weight excluding hydrogens is 382 g/mol. The molecule has 0 atom stereocenters. The van der Waals surface area contributed by atoms with Gasteiger partial charge in [-0.3, -0.25) is 0 Å². The first-order chi connectivity index (χ1) is 13.6. The second kappa shape index (κ2) is 7.32. The van der Waals surface area contributed by atoms with Gasteiger partial charge >= 0.3 is 0 Å². The van der Waals surface area contributed by atoms with Gasteiger partial charge in [-0.25, -0.2) is 4.68 Å². The van der Waals surface area contributed by atoms with Gasteiger partial charge in [-0.05, 0) is 31.2 Å². The quantitative estimate of drug-likeness (QED) is 0.503. The van der Waals surface area contributed by atoms with Crippen LogP contribution in [-0.2, 0) is 0 Å². The number of ether oxygens (including phenoxy) is 2. The fraction of sp³-hybridized carbons (Fsp3) is 0.158. The molecule has 0 N–H and O–H groups in total. The van der Waals surface area contributed by atoms with E-state index in [-0.39, 0.29) is 5.89 Å². The van der Waals surface area contributed by atoms with E-state index in [1.54, 1.807) is 31.0 Å². The maximum absolute atomic E-state index is 6.21. The molecule has 0 unspecified atom stereocenters. The minimum Gasteiger partial charge on any atom is -0.493 e. The fourth-order valence-corrected chi connectivity index (χ4v) is 3.02. The molecule has 9 heteroatoms. The Bertz CT molecular complexity index is 1140. The number of halogens is 1. The monoisotopic (exact) mass is 397 g/mol. The van der Waals surface area contributed by atoms with Crippen molar-refractivity contribution >= 4 is 11.6 Å². The summed E-state index contributed by atoms with van der Waals surface area (Å²) in [5.74, 6) is 1.88. The number of hydrogen-bond donors (Lipinski definition) is 0. The molecule has 142 valence electrons. The van der Waals surface area contributed by atoms with Crippen molar-refractivity contribution in [2.45, 2.75) is 6.92 Å². The summed E-state index contributed by atoms with van der Waals surface area (Å²) in [6, 6.07) is 12.8. The van der Waals surface area contributed by atoms with E-state index in [2.05, 4.69) is 20.5 Å². The predicted molar refractivity (Wildman–Crippen MR) is 103 cm³/mol. The minimum absolute atomic E-state index is 0.263. The van der Waals surface area contributed by atoms with Gasteiger partial charge in [0.15, 0.2) is 17.2 Å². The lowest BCUT2D eigenvalue weighted by atomic mass is 10.2. The average Bonchev–Trinajstić information content (AvgIpc) is 3.34. The molecule has 0 aliphatic heterocycles. The molecule has 2 heterocycles. The first-order valence-electron chi connectivity index (χ1n) is 8.36. The SMILES string of the molecule is COc1ccc(-n2nnc(-c3nc(-c4ccccc4Cl)no3)c2C)cc1OC. The summed E-state index contributed by atoms with van der Waals surface area (Å²) in [5, 5.41) is 13.0. The first-order valence-corrected chi connectivity index (χ1v) is 8.74. The summed E-state index contributed by atoms with van der Waals surface area (Å²) in [6.07, 6.45) is 0. The highest BCUT2D eigenvalue weighted by molar-refractivity contribution is 6.33. The molecule has 0 aliphatic rings. The molecule has 28 heavy (non-hydrogen) atoms. The van der Waals surface area contributed by atoms with Gasteiger partial charge in [-0.2, -0.15) is 4.98 Å². The van der Waals surface area contributed by atoms with Gasteiger partial charge < -0.3 is 14.0 Å². The van der Waals surface area contributed by atoms with E-state index in [1.165, 1.54) is 0 Å². The molecule has 0 amide bonds. The molecule has 4 aromatic rings. The van der Waals surface area contributed by atoms with Crippen LogP contribution < -0.4 is 9.47 Å². The van der Waals surface area contributed by atoms with Crippen molar-refractivity contribution in [2.75, 3.05) is 14.2 Å². The van der Waals surface area contributed by atoms with E-state index in [1.807, 2.05) is 37.3 Å². The van der Waals surface area contributed by atoms with Crippen LogP contribution in [0, 0.1) is 6.92 Å². The van der Waals surface area contributed by atoms with E-state index >= 15 is 0 Å². The van der Waals surface area contributed by atoms with Crippen LogP contribution in [0.3, 0.4) is 0 Å². The average molecular weight is 398 g/mol. The summed E-state index contributed by atoms with van der Waals surface area (Å²) in [5.41, 5.74) is 2.67. The van der Waals surface area contributed by atoms with Crippen LogP contribution in [0.4, 0.5) is 0 Å². The Morgan fingerprint density at radius 3 is 2.57 bits per heavy atom. The molecule has 0 bridgehead atoms. The van der Waals surface area contributed by atoms with E-state index in [9.17, 15) is 0 Å². The number of aromatic nitrogens is 5. The van der Waals surface area contributed by atoms with Crippen molar-refractivity contribution in [3.05, 3.63) is 53.2 Å². The molecule has 0 spiro atoms. The highest BCUT2D eigenvalue weighted by Crippen LogP contribution is 2.31. The topological polar surface area (TPSA) is 88.1 Å². The standard InChI is InChI=1S/C19H16ClN5O3/c1-11-17(19-21-18(23-28-19)13-6-4-5-7-14(13)20)22-24-25(11)12-8-9-15(26-2)16(10-12)27-3/h4-10H,1-3H3. The lowest BCUT2D eigenvalue weighted by Gasteiger charge is -2.10. The number of rotatable bonds is 5. The summed E-state index contributed by atoms with van der Waals surface area (Å²) >= 11 is 6.21. The molecule has 0 saturated carbocycles. The van der Waals surface area contributed by atoms with Crippen molar-refractivity contribution in [1.29, 1.82) is 0 Å². The van der Waals surface area contributed by atoms with Crippen LogP contribution in [0.5, 0.6) is 11.5 Å². The molecule has 2 aromatic heterocycles. The Morgan fingerprint density at radius 2 is 1.82 bits per heavy atom. The Labute approximate surface area is 165 Å². The van der Waals surface area contributed by atoms with Crippen molar-refractivity contribution in [2.24, 2.45) is 0 Å². The van der Waals surface area contributed by atoms with Crippen LogP contribution in [0.15, 0.2) is 47.0 Å². The van der Waals surface area contributed by atoms with E-state index in [0.717, 1.165) is 11.4 Å². The van der Waals surface area contributed by atoms with Crippen LogP contribution in [0.2, 0.25) is 5.02 Å². The second-order valence-corrected chi connectivity index (χ2v) is 6.28. The van der Waals surface area contributed by atoms with Crippen LogP contribution in [0.25, 0.3) is 28.7 Å². The highest BCUT2D eigenvalue weighted by atomic mass is 35.5. The van der Waals surface area contributed by atoms with Crippen molar-refractivity contribution in [3.8, 4) is 40.2 Å². The summed E-state index contributed by atoms with van der Waals surface area (Å²) < 4.78 is 17.7. The van der Waals surface area contributed by atoms with E-state index in [4.69, 9.17) is 25.6 Å². The molecule has 0 saturated heterocycles. The molecule has 0 aliphatic carbocycles. The van der Waals surface area contributed by atoms with Crippen molar-refractivity contribution in [1.82, 2.24) is 25.1 Å². The third-order valence-corrected chi connectivity index (χ3v) is 4.58. The van der Waals surface area contributed by atoms with Gasteiger partial charge in [0.1, 0.15) is 0 Å². The molecule has 0 fully saturated rings. The normalized spacial score (nSPS) is 10.9. The maximum atomic E-state index is 6.21. The van der Waals surface area contributed by atoms with Crippen molar-refractivity contribution < 1.29 is 14.0 Å². The zero-order valence-corrected chi connectivity index (χ0v) is 16.1. The summed E-state index contributed by atoms with van der Waals surface area (Å²) in [7, 11) is 3.17. The Kier molecular flexibility index (Phi) is 4.70. The first kappa shape index (κ1) is 18.0. The third kappa shape index (κ3) is 3.07. The van der Waals surface area contributed by atoms with Gasteiger partial charge in [0, 0.05) is 11.6 Å². The molecule has 4 rings (SSSR count). The maximum Gasteiger partial charge on any atom is 0.280 e. The highest BCUT2D eigenvalue weighted by Gasteiger charge is 2.20. The number of hydrogen-bond acceptors (Lipinski definition) is 7. The van der Waals surface area contributed by atoms with Gasteiger partial charge in [0.25, 0.3) is 5.89 Å². The summed E-state index contributed by atoms with van der Waals surface area (Å²) in [6.45, 7) is 1.87. The van der Waals surface area contributed by atoms with Crippen LogP contribution >= 0.6 is 11.6 Å². The van der Waals surface area contributed by atoms with Crippen molar-refractivity contribution in [3.63, 3.8) is 0 Å². The Hall–Kier alpha value is -3.39. The van der Waals surface area contributed by atoms with Crippen LogP contribution in [-0.4, -0.2) is 39.4 Å². The lowest BCUT2D eigenvalue weighted by Crippen LogP contribution is -2.00. The Balaban J connectivity index is 1.71. The lowest BCUT2D eigenvalue weighted by molar-refractivity contribution is 0.354. The molecular formula is C19H16ClN5O3. The second-order valence-electron chi connectivity index (χ2n) is 5.88. The van der Waals surface area contributed by atoms with E-state index < -0.39 is 0 Å². The predicted octanol–water partition coefficient (Wildman–Crippen LogP) is 3.96. The largest absolute Gasteiger partial charge is 0.493 e. The molecule has 8 nitrogen and oxygen atoms in total. The molecule has 2 aromatic carbocycles. The van der Waals surface area contributed by atoms with Gasteiger partial charge in [0.2, 0.25) is 5.82 Å². The summed E-state index contributed by atoms with van der Waals surface area (Å²) in [4.78, 5) is 4.42. The van der Waals surface area contributed by atoms with Gasteiger partial charge in [-0.15, -0.1) is 5.10 Å². The number of methoxy groups -OCH3 is 2. The molecule has 0 radical (unpaired) electrons. The fourth-order valence-electron chi connectivity index (χ4n) is 2.80. The third-order valence-electron chi connectivity index (χ3n) is 4.25. The van der Waals surface area contributed by atoms with Crippen LogP contribution in [0.1, 0.15) is 5.69 Å². The van der Waals surface area contributed by atoms with E-state index in [0.29, 0.717) is 33.6 Å². The zero-order chi connectivity index (χ0) is 19.7.